The van der Waals surface area contributed by atoms with Crippen LogP contribution in [0.15, 0.2) is 47.1 Å². The van der Waals surface area contributed by atoms with E-state index in [1.54, 1.807) is 30.5 Å². The van der Waals surface area contributed by atoms with Crippen LogP contribution in [0.1, 0.15) is 39.3 Å². The van der Waals surface area contributed by atoms with Gasteiger partial charge in [-0.1, -0.05) is 12.1 Å². The van der Waals surface area contributed by atoms with E-state index in [4.69, 9.17) is 9.25 Å². The summed E-state index contributed by atoms with van der Waals surface area (Å²) in [5.41, 5.74) is 3.07. The van der Waals surface area contributed by atoms with Crippen molar-refractivity contribution in [3.63, 3.8) is 0 Å². The van der Waals surface area contributed by atoms with Crippen LogP contribution in [0, 0.1) is 0 Å². The minimum atomic E-state index is -0.380. The molecule has 0 radical (unpaired) electrons. The van der Waals surface area contributed by atoms with Gasteiger partial charge in [0, 0.05) is 19.4 Å². The van der Waals surface area contributed by atoms with Crippen molar-refractivity contribution in [2.45, 2.75) is 19.3 Å². The van der Waals surface area contributed by atoms with E-state index in [0.29, 0.717) is 24.2 Å². The average Bonchev–Trinajstić information content (AvgIpc) is 3.22. The molecule has 3 rings (SSSR count). The topological polar surface area (TPSA) is 88.9 Å². The summed E-state index contributed by atoms with van der Waals surface area (Å²) >= 11 is 0. The van der Waals surface area contributed by atoms with E-state index in [9.17, 15) is 14.4 Å². The molecule has 0 fully saturated rings. The van der Waals surface area contributed by atoms with Crippen LogP contribution < -0.4 is 5.48 Å². The number of nitrogens with one attached hydrogen (secondary N) is 1. The van der Waals surface area contributed by atoms with Crippen molar-refractivity contribution in [1.82, 2.24) is 10.4 Å². The second-order valence-electron chi connectivity index (χ2n) is 5.61. The Morgan fingerprint density at radius 2 is 1.80 bits per heavy atom. The molecule has 25 heavy (non-hydrogen) atoms. The van der Waals surface area contributed by atoms with Gasteiger partial charge in [0.1, 0.15) is 5.76 Å². The van der Waals surface area contributed by atoms with Crippen molar-refractivity contribution in [3.8, 4) is 0 Å². The number of carbonyl (C=O) groups is 3. The van der Waals surface area contributed by atoms with Gasteiger partial charge in [0.15, 0.2) is 0 Å². The van der Waals surface area contributed by atoms with Crippen LogP contribution in [0.3, 0.4) is 0 Å². The Kier molecular flexibility index (Phi) is 5.25. The molecule has 1 aliphatic rings. The van der Waals surface area contributed by atoms with Crippen LogP contribution in [0.4, 0.5) is 0 Å². The van der Waals surface area contributed by atoms with Crippen LogP contribution in [0.5, 0.6) is 0 Å². The molecule has 1 aliphatic heterocycles. The highest BCUT2D eigenvalue weighted by molar-refractivity contribution is 6.21. The molecule has 3 amide bonds. The van der Waals surface area contributed by atoms with E-state index < -0.39 is 0 Å². The standard InChI is InChI=1S/C18H18N2O5/c21-16(19-25-12-4-6-13-5-3-11-24-13)9-10-20-17(22)14-7-1-2-8-15(14)18(20)23/h1-3,5,7-8,11H,4,6,9-10,12H2,(H,19,21). The summed E-state index contributed by atoms with van der Waals surface area (Å²) in [4.78, 5) is 42.3. The first kappa shape index (κ1) is 16.9. The van der Waals surface area contributed by atoms with E-state index >= 15 is 0 Å². The zero-order valence-electron chi connectivity index (χ0n) is 13.6. The van der Waals surface area contributed by atoms with Gasteiger partial charge in [0.25, 0.3) is 11.8 Å². The Hall–Kier alpha value is -2.93. The Balaban J connectivity index is 1.37. The minimum absolute atomic E-state index is 0.0103. The third-order valence-electron chi connectivity index (χ3n) is 3.88. The van der Waals surface area contributed by atoms with Crippen LogP contribution in [0.2, 0.25) is 0 Å². The Bertz CT molecular complexity index is 735. The van der Waals surface area contributed by atoms with Gasteiger partial charge in [-0.3, -0.25) is 24.1 Å². The molecule has 1 aromatic heterocycles. The zero-order valence-corrected chi connectivity index (χ0v) is 13.6. The fourth-order valence-corrected chi connectivity index (χ4v) is 2.61. The fourth-order valence-electron chi connectivity index (χ4n) is 2.61. The molecule has 2 heterocycles. The summed E-state index contributed by atoms with van der Waals surface area (Å²) < 4.78 is 5.19. The number of hydrogen-bond acceptors (Lipinski definition) is 5. The van der Waals surface area contributed by atoms with Gasteiger partial charge in [-0.05, 0) is 30.7 Å². The van der Waals surface area contributed by atoms with Gasteiger partial charge in [0.2, 0.25) is 5.91 Å². The van der Waals surface area contributed by atoms with Gasteiger partial charge in [-0.25, -0.2) is 5.48 Å². The Morgan fingerprint density at radius 1 is 1.08 bits per heavy atom. The van der Waals surface area contributed by atoms with Crippen LogP contribution in [-0.4, -0.2) is 35.8 Å². The summed E-state index contributed by atoms with van der Waals surface area (Å²) in [6.45, 7) is 0.368. The molecule has 7 nitrogen and oxygen atoms in total. The van der Waals surface area contributed by atoms with Crippen LogP contribution in [-0.2, 0) is 16.1 Å². The monoisotopic (exact) mass is 342 g/mol. The number of imide groups is 1. The summed E-state index contributed by atoms with van der Waals surface area (Å²) in [5.74, 6) is -0.254. The first-order valence-electron chi connectivity index (χ1n) is 8.05. The maximum Gasteiger partial charge on any atom is 0.261 e. The molecular formula is C18H18N2O5. The number of furan rings is 1. The van der Waals surface area contributed by atoms with Crippen molar-refractivity contribution < 1.29 is 23.6 Å². The van der Waals surface area contributed by atoms with Crippen molar-refractivity contribution in [1.29, 1.82) is 0 Å². The second-order valence-corrected chi connectivity index (χ2v) is 5.61. The molecule has 1 aromatic carbocycles. The largest absolute Gasteiger partial charge is 0.469 e. The van der Waals surface area contributed by atoms with E-state index in [1.807, 2.05) is 12.1 Å². The maximum atomic E-state index is 12.2. The molecule has 0 unspecified atom stereocenters. The molecule has 0 saturated carbocycles. The minimum Gasteiger partial charge on any atom is -0.469 e. The number of amides is 3. The summed E-state index contributed by atoms with van der Waals surface area (Å²) in [7, 11) is 0. The number of rotatable bonds is 8. The number of aryl methyl sites for hydroxylation is 1. The zero-order chi connectivity index (χ0) is 17.6. The van der Waals surface area contributed by atoms with E-state index in [1.165, 1.54) is 0 Å². The number of benzene rings is 1. The van der Waals surface area contributed by atoms with Crippen LogP contribution in [0.25, 0.3) is 0 Å². The van der Waals surface area contributed by atoms with Gasteiger partial charge in [0.05, 0.1) is 24.0 Å². The summed E-state index contributed by atoms with van der Waals surface area (Å²) in [6.07, 6.45) is 3.02. The third kappa shape index (κ3) is 3.95. The lowest BCUT2D eigenvalue weighted by atomic mass is 10.1. The molecule has 0 saturated heterocycles. The average molecular weight is 342 g/mol. The predicted octanol–water partition coefficient (Wildman–Crippen LogP) is 1.95. The first-order valence-corrected chi connectivity index (χ1v) is 8.05. The lowest BCUT2D eigenvalue weighted by Gasteiger charge is -2.13. The highest BCUT2D eigenvalue weighted by Gasteiger charge is 2.34. The highest BCUT2D eigenvalue weighted by atomic mass is 16.6. The highest BCUT2D eigenvalue weighted by Crippen LogP contribution is 2.22. The first-order chi connectivity index (χ1) is 12.2. The molecule has 0 bridgehead atoms. The number of hydroxylamine groups is 1. The predicted molar refractivity (Wildman–Crippen MR) is 87.5 cm³/mol. The quantitative estimate of drug-likeness (QED) is 0.450. The Morgan fingerprint density at radius 3 is 2.44 bits per heavy atom. The molecular weight excluding hydrogens is 324 g/mol. The number of nitrogens with zero attached hydrogens (tertiary/aromatic N) is 1. The number of carbonyl (C=O) groups excluding carboxylic acids is 3. The van der Waals surface area contributed by atoms with E-state index in [-0.39, 0.29) is 30.7 Å². The summed E-state index contributed by atoms with van der Waals surface area (Å²) in [5, 5.41) is 0. The Labute approximate surface area is 144 Å². The molecule has 0 aliphatic carbocycles. The second kappa shape index (κ2) is 7.76. The van der Waals surface area contributed by atoms with Crippen molar-refractivity contribution in [2.75, 3.05) is 13.2 Å². The number of hydrogen-bond donors (Lipinski definition) is 1. The SMILES string of the molecule is O=C(CCN1C(=O)c2ccccc2C1=O)NOCCCc1ccco1. The lowest BCUT2D eigenvalue weighted by molar-refractivity contribution is -0.133. The molecule has 0 atom stereocenters. The van der Waals surface area contributed by atoms with E-state index in [0.717, 1.165) is 17.1 Å². The molecule has 2 aromatic rings. The molecule has 1 N–H and O–H groups in total. The van der Waals surface area contributed by atoms with Crippen molar-refractivity contribution in [3.05, 3.63) is 59.5 Å². The molecule has 0 spiro atoms. The van der Waals surface area contributed by atoms with Gasteiger partial charge < -0.3 is 4.42 Å². The maximum absolute atomic E-state index is 12.2. The fraction of sp³-hybridized carbons (Fsp3) is 0.278. The molecule has 7 heteroatoms. The normalized spacial score (nSPS) is 13.2. The van der Waals surface area contributed by atoms with Gasteiger partial charge >= 0.3 is 0 Å². The number of fused-ring (bicyclic) bond motifs is 1. The van der Waals surface area contributed by atoms with Crippen molar-refractivity contribution in [2.24, 2.45) is 0 Å². The third-order valence-corrected chi connectivity index (χ3v) is 3.88. The lowest BCUT2D eigenvalue weighted by Crippen LogP contribution is -2.34. The van der Waals surface area contributed by atoms with Gasteiger partial charge in [-0.2, -0.15) is 0 Å². The van der Waals surface area contributed by atoms with Crippen molar-refractivity contribution >= 4 is 17.7 Å². The summed E-state index contributed by atoms with van der Waals surface area (Å²) in [6, 6.07) is 10.3. The van der Waals surface area contributed by atoms with Gasteiger partial charge in [-0.15, -0.1) is 0 Å². The van der Waals surface area contributed by atoms with E-state index in [2.05, 4.69) is 5.48 Å². The molecule has 130 valence electrons. The van der Waals surface area contributed by atoms with Crippen LogP contribution >= 0.6 is 0 Å². The smallest absolute Gasteiger partial charge is 0.261 e.